The number of halogens is 3. The molecular weight excluding hydrogens is 393 g/mol. The number of amides is 1. The van der Waals surface area contributed by atoms with Crippen molar-refractivity contribution in [1.82, 2.24) is 15.6 Å². The molecule has 0 aliphatic rings. The van der Waals surface area contributed by atoms with E-state index in [4.69, 9.17) is 5.26 Å². The number of nitrogens with one attached hydrogen (secondary N) is 2. The van der Waals surface area contributed by atoms with Crippen molar-refractivity contribution in [2.75, 3.05) is 6.54 Å². The third-order valence-electron chi connectivity index (χ3n) is 4.55. The average Bonchev–Trinajstić information content (AvgIpc) is 2.69. The molecule has 1 amide bonds. The van der Waals surface area contributed by atoms with Crippen molar-refractivity contribution in [3.63, 3.8) is 0 Å². The Kier molecular flexibility index (Phi) is 7.95. The highest BCUT2D eigenvalue weighted by Gasteiger charge is 2.42. The second-order valence-corrected chi connectivity index (χ2v) is 7.51. The maximum atomic E-state index is 13.8. The Labute approximate surface area is 174 Å². The highest BCUT2D eigenvalue weighted by Crippen LogP contribution is 2.34. The van der Waals surface area contributed by atoms with Gasteiger partial charge in [0.25, 0.3) is 0 Å². The van der Waals surface area contributed by atoms with Gasteiger partial charge in [-0.3, -0.25) is 15.1 Å². The minimum Gasteiger partial charge on any atom is -0.342 e. The zero-order valence-corrected chi connectivity index (χ0v) is 17.1. The van der Waals surface area contributed by atoms with Crippen LogP contribution in [0.2, 0.25) is 0 Å². The van der Waals surface area contributed by atoms with Crippen LogP contribution in [-0.2, 0) is 4.79 Å². The summed E-state index contributed by atoms with van der Waals surface area (Å²) in [5.74, 6) is -0.637. The quantitative estimate of drug-likeness (QED) is 0.627. The standard InChI is InChI=1S/C22H25F3N4O/c1-14(2)12-19(21(30)27-11-10-26)29-20(22(23,24)25)17-8-6-16(7-9-17)18-5-4-15(3)28-13-18/h4-9,13-14,19-20,29H,11-12H2,1-3H3,(H,27,30)/t19-,20-/m0/s1. The third kappa shape index (κ3) is 6.56. The third-order valence-corrected chi connectivity index (χ3v) is 4.55. The van der Waals surface area contributed by atoms with Gasteiger partial charge >= 0.3 is 6.18 Å². The second kappa shape index (κ2) is 10.2. The van der Waals surface area contributed by atoms with E-state index >= 15 is 0 Å². The average molecular weight is 418 g/mol. The summed E-state index contributed by atoms with van der Waals surface area (Å²) in [4.78, 5) is 16.5. The number of aromatic nitrogens is 1. The molecule has 0 aliphatic carbocycles. The van der Waals surface area contributed by atoms with Crippen LogP contribution in [0.1, 0.15) is 37.6 Å². The molecule has 2 atom stereocenters. The van der Waals surface area contributed by atoms with E-state index in [1.165, 1.54) is 12.1 Å². The molecule has 0 bridgehead atoms. The molecular formula is C22H25F3N4O. The lowest BCUT2D eigenvalue weighted by Crippen LogP contribution is -2.49. The molecule has 1 aromatic carbocycles. The molecule has 160 valence electrons. The lowest BCUT2D eigenvalue weighted by atomic mass is 9.98. The molecule has 2 rings (SSSR count). The monoisotopic (exact) mass is 418 g/mol. The molecule has 1 aromatic heterocycles. The Bertz CT molecular complexity index is 871. The van der Waals surface area contributed by atoms with Crippen molar-refractivity contribution in [2.24, 2.45) is 5.92 Å². The fourth-order valence-electron chi connectivity index (χ4n) is 3.06. The maximum absolute atomic E-state index is 13.8. The summed E-state index contributed by atoms with van der Waals surface area (Å²) in [6.45, 7) is 5.23. The lowest BCUT2D eigenvalue weighted by molar-refractivity contribution is -0.161. The molecule has 30 heavy (non-hydrogen) atoms. The van der Waals surface area contributed by atoms with E-state index in [1.54, 1.807) is 24.4 Å². The summed E-state index contributed by atoms with van der Waals surface area (Å²) in [6.07, 6.45) is -2.73. The predicted octanol–water partition coefficient (Wildman–Crippen LogP) is 4.30. The van der Waals surface area contributed by atoms with Gasteiger partial charge in [-0.1, -0.05) is 44.2 Å². The SMILES string of the molecule is Cc1ccc(-c2ccc([C@H](N[C@@H](CC(C)C)C(=O)NCC#N)C(F)(F)F)cc2)cn1. The Hall–Kier alpha value is -2.92. The smallest absolute Gasteiger partial charge is 0.342 e. The van der Waals surface area contributed by atoms with Gasteiger partial charge in [0, 0.05) is 17.5 Å². The number of aryl methyl sites for hydroxylation is 1. The largest absolute Gasteiger partial charge is 0.407 e. The molecule has 0 unspecified atom stereocenters. The van der Waals surface area contributed by atoms with Gasteiger partial charge in [0.2, 0.25) is 5.91 Å². The van der Waals surface area contributed by atoms with E-state index in [2.05, 4.69) is 15.6 Å². The summed E-state index contributed by atoms with van der Waals surface area (Å²) >= 11 is 0. The van der Waals surface area contributed by atoms with Gasteiger partial charge in [0.15, 0.2) is 0 Å². The van der Waals surface area contributed by atoms with E-state index < -0.39 is 24.2 Å². The van der Waals surface area contributed by atoms with Gasteiger partial charge in [0.05, 0.1) is 12.1 Å². The molecule has 0 spiro atoms. The van der Waals surface area contributed by atoms with Gasteiger partial charge in [-0.15, -0.1) is 0 Å². The Morgan fingerprint density at radius 2 is 1.77 bits per heavy atom. The summed E-state index contributed by atoms with van der Waals surface area (Å²) in [6, 6.07) is 8.38. The highest BCUT2D eigenvalue weighted by molar-refractivity contribution is 5.82. The lowest BCUT2D eigenvalue weighted by Gasteiger charge is -2.28. The number of nitrogens with zero attached hydrogens (tertiary/aromatic N) is 2. The van der Waals surface area contributed by atoms with Crippen molar-refractivity contribution in [2.45, 2.75) is 45.5 Å². The van der Waals surface area contributed by atoms with Gasteiger partial charge < -0.3 is 5.32 Å². The highest BCUT2D eigenvalue weighted by atomic mass is 19.4. The van der Waals surface area contributed by atoms with E-state index in [-0.39, 0.29) is 24.4 Å². The van der Waals surface area contributed by atoms with Gasteiger partial charge in [0.1, 0.15) is 12.6 Å². The second-order valence-electron chi connectivity index (χ2n) is 7.51. The minimum absolute atomic E-state index is 0.00756. The molecule has 2 aromatic rings. The van der Waals surface area contributed by atoms with Crippen LogP contribution >= 0.6 is 0 Å². The zero-order valence-electron chi connectivity index (χ0n) is 17.1. The Morgan fingerprint density at radius 3 is 2.27 bits per heavy atom. The molecule has 0 aliphatic heterocycles. The normalized spacial score (nSPS) is 13.5. The van der Waals surface area contributed by atoms with E-state index in [1.807, 2.05) is 32.9 Å². The summed E-state index contributed by atoms with van der Waals surface area (Å²) < 4.78 is 41.5. The molecule has 1 heterocycles. The first-order valence-corrected chi connectivity index (χ1v) is 9.62. The molecule has 2 N–H and O–H groups in total. The Morgan fingerprint density at radius 1 is 1.13 bits per heavy atom. The van der Waals surface area contributed by atoms with E-state index in [9.17, 15) is 18.0 Å². The molecule has 8 heteroatoms. The van der Waals surface area contributed by atoms with Crippen LogP contribution in [0.25, 0.3) is 11.1 Å². The summed E-state index contributed by atoms with van der Waals surface area (Å²) in [5.41, 5.74) is 2.41. The molecule has 0 fully saturated rings. The summed E-state index contributed by atoms with van der Waals surface area (Å²) in [5, 5.41) is 13.4. The first-order chi connectivity index (χ1) is 14.1. The number of pyridine rings is 1. The van der Waals surface area contributed by atoms with Crippen LogP contribution in [0, 0.1) is 24.2 Å². The molecule has 5 nitrogen and oxygen atoms in total. The first-order valence-electron chi connectivity index (χ1n) is 9.62. The number of benzene rings is 1. The van der Waals surface area contributed by atoms with Crippen molar-refractivity contribution in [1.29, 1.82) is 5.26 Å². The van der Waals surface area contributed by atoms with Crippen LogP contribution in [0.15, 0.2) is 42.6 Å². The van der Waals surface area contributed by atoms with Crippen LogP contribution in [0.4, 0.5) is 13.2 Å². The van der Waals surface area contributed by atoms with Crippen LogP contribution in [0.3, 0.4) is 0 Å². The Balaban J connectivity index is 2.28. The zero-order chi connectivity index (χ0) is 22.3. The number of alkyl halides is 3. The van der Waals surface area contributed by atoms with Crippen molar-refractivity contribution >= 4 is 5.91 Å². The number of carbonyl (C=O) groups is 1. The number of hydrogen-bond acceptors (Lipinski definition) is 4. The van der Waals surface area contributed by atoms with Crippen molar-refractivity contribution in [3.05, 3.63) is 53.9 Å². The first kappa shape index (κ1) is 23.4. The molecule has 0 saturated heterocycles. The van der Waals surface area contributed by atoms with Crippen molar-refractivity contribution in [3.8, 4) is 17.2 Å². The maximum Gasteiger partial charge on any atom is 0.407 e. The van der Waals surface area contributed by atoms with Gasteiger partial charge in [-0.05, 0) is 36.5 Å². The van der Waals surface area contributed by atoms with Crippen molar-refractivity contribution < 1.29 is 18.0 Å². The van der Waals surface area contributed by atoms with Gasteiger partial charge in [-0.2, -0.15) is 18.4 Å². The summed E-state index contributed by atoms with van der Waals surface area (Å²) in [7, 11) is 0. The number of rotatable bonds is 8. The minimum atomic E-state index is -4.60. The van der Waals surface area contributed by atoms with E-state index in [0.29, 0.717) is 0 Å². The number of hydrogen-bond donors (Lipinski definition) is 2. The van der Waals surface area contributed by atoms with Gasteiger partial charge in [-0.25, -0.2) is 0 Å². The number of nitriles is 1. The predicted molar refractivity (Wildman–Crippen MR) is 108 cm³/mol. The van der Waals surface area contributed by atoms with Crippen LogP contribution < -0.4 is 10.6 Å². The fourth-order valence-corrected chi connectivity index (χ4v) is 3.06. The topological polar surface area (TPSA) is 77.8 Å². The van der Waals surface area contributed by atoms with Crippen LogP contribution in [-0.4, -0.2) is 29.7 Å². The van der Waals surface area contributed by atoms with E-state index in [0.717, 1.165) is 16.8 Å². The fraction of sp³-hybridized carbons (Fsp3) is 0.409. The number of carbonyl (C=O) groups excluding carboxylic acids is 1. The molecule has 0 radical (unpaired) electrons. The van der Waals surface area contributed by atoms with Crippen LogP contribution in [0.5, 0.6) is 0 Å². The molecule has 0 saturated carbocycles.